The van der Waals surface area contributed by atoms with Crippen LogP contribution in [-0.4, -0.2) is 30.6 Å². The average Bonchev–Trinajstić information content (AvgIpc) is 2.68. The van der Waals surface area contributed by atoms with E-state index in [4.69, 9.17) is 4.74 Å². The Morgan fingerprint density at radius 2 is 1.77 bits per heavy atom. The van der Waals surface area contributed by atoms with E-state index < -0.39 is 5.41 Å². The highest BCUT2D eigenvalue weighted by atomic mass is 16.5. The normalized spacial score (nSPS) is 19.1. The molecule has 136 valence electrons. The summed E-state index contributed by atoms with van der Waals surface area (Å²) in [5.74, 6) is 0.275. The molecule has 0 atom stereocenters. The van der Waals surface area contributed by atoms with Crippen LogP contribution in [0.2, 0.25) is 0 Å². The fourth-order valence-corrected chi connectivity index (χ4v) is 4.49. The zero-order valence-corrected chi connectivity index (χ0v) is 15.8. The summed E-state index contributed by atoms with van der Waals surface area (Å²) < 4.78 is 5.61. The Labute approximate surface area is 156 Å². The SMILES string of the molecule is Cc1ccc(C2(C(=O)N3CCc4c(C)cccc4C3)CCOCC2)cc1. The highest BCUT2D eigenvalue weighted by Crippen LogP contribution is 2.38. The molecule has 1 saturated heterocycles. The lowest BCUT2D eigenvalue weighted by molar-refractivity contribution is -0.142. The molecule has 0 bridgehead atoms. The molecule has 2 aromatic carbocycles. The third-order valence-corrected chi connectivity index (χ3v) is 6.15. The van der Waals surface area contributed by atoms with Gasteiger partial charge in [-0.3, -0.25) is 4.79 Å². The first kappa shape index (κ1) is 17.3. The molecule has 3 nitrogen and oxygen atoms in total. The van der Waals surface area contributed by atoms with Gasteiger partial charge < -0.3 is 9.64 Å². The van der Waals surface area contributed by atoms with E-state index in [0.717, 1.165) is 37.9 Å². The minimum Gasteiger partial charge on any atom is -0.381 e. The predicted octanol–water partition coefficient (Wildman–Crippen LogP) is 3.94. The van der Waals surface area contributed by atoms with Crippen molar-refractivity contribution in [1.82, 2.24) is 4.90 Å². The highest BCUT2D eigenvalue weighted by molar-refractivity contribution is 5.88. The van der Waals surface area contributed by atoms with Gasteiger partial charge in [-0.2, -0.15) is 0 Å². The molecule has 2 aliphatic rings. The second kappa shape index (κ2) is 6.88. The molecule has 0 aliphatic carbocycles. The van der Waals surface area contributed by atoms with Crippen LogP contribution >= 0.6 is 0 Å². The third-order valence-electron chi connectivity index (χ3n) is 6.15. The summed E-state index contributed by atoms with van der Waals surface area (Å²) in [5, 5.41) is 0. The van der Waals surface area contributed by atoms with Gasteiger partial charge in [0.1, 0.15) is 0 Å². The Morgan fingerprint density at radius 3 is 2.50 bits per heavy atom. The van der Waals surface area contributed by atoms with Gasteiger partial charge in [-0.1, -0.05) is 48.0 Å². The van der Waals surface area contributed by atoms with Crippen LogP contribution < -0.4 is 0 Å². The predicted molar refractivity (Wildman–Crippen MR) is 103 cm³/mol. The van der Waals surface area contributed by atoms with Crippen LogP contribution in [0.25, 0.3) is 0 Å². The molecule has 1 fully saturated rings. The quantitative estimate of drug-likeness (QED) is 0.822. The maximum Gasteiger partial charge on any atom is 0.233 e. The lowest BCUT2D eigenvalue weighted by Gasteiger charge is -2.42. The smallest absolute Gasteiger partial charge is 0.233 e. The molecule has 0 saturated carbocycles. The van der Waals surface area contributed by atoms with Crippen LogP contribution in [0, 0.1) is 13.8 Å². The topological polar surface area (TPSA) is 29.5 Å². The summed E-state index contributed by atoms with van der Waals surface area (Å²) in [7, 11) is 0. The standard InChI is InChI=1S/C23H27NO2/c1-17-6-8-20(9-7-17)23(11-14-26-15-12-23)22(25)24-13-10-21-18(2)4-3-5-19(21)16-24/h3-9H,10-16H2,1-2H3. The Hall–Kier alpha value is -2.13. The maximum absolute atomic E-state index is 13.7. The fourth-order valence-electron chi connectivity index (χ4n) is 4.49. The summed E-state index contributed by atoms with van der Waals surface area (Å²) in [5.41, 5.74) is 6.00. The Balaban J connectivity index is 1.66. The van der Waals surface area contributed by atoms with Crippen molar-refractivity contribution in [3.8, 4) is 0 Å². The first-order chi connectivity index (χ1) is 12.6. The van der Waals surface area contributed by atoms with Crippen molar-refractivity contribution >= 4 is 5.91 Å². The maximum atomic E-state index is 13.7. The average molecular weight is 349 g/mol. The number of hydrogen-bond acceptors (Lipinski definition) is 2. The number of amides is 1. The van der Waals surface area contributed by atoms with E-state index in [-0.39, 0.29) is 5.91 Å². The molecule has 3 heteroatoms. The minimum atomic E-state index is -0.437. The number of benzene rings is 2. The van der Waals surface area contributed by atoms with Crippen LogP contribution in [0.15, 0.2) is 42.5 Å². The Bertz CT molecular complexity index is 803. The number of fused-ring (bicyclic) bond motifs is 1. The van der Waals surface area contributed by atoms with Crippen molar-refractivity contribution in [2.75, 3.05) is 19.8 Å². The Morgan fingerprint density at radius 1 is 1.04 bits per heavy atom. The number of carbonyl (C=O) groups is 1. The van der Waals surface area contributed by atoms with Crippen LogP contribution in [0.3, 0.4) is 0 Å². The second-order valence-corrected chi connectivity index (χ2v) is 7.75. The van der Waals surface area contributed by atoms with Gasteiger partial charge in [0.2, 0.25) is 5.91 Å². The number of nitrogens with zero attached hydrogens (tertiary/aromatic N) is 1. The molecule has 2 heterocycles. The lowest BCUT2D eigenvalue weighted by atomic mass is 9.72. The molecular weight excluding hydrogens is 322 g/mol. The minimum absolute atomic E-state index is 0.275. The van der Waals surface area contributed by atoms with E-state index >= 15 is 0 Å². The lowest BCUT2D eigenvalue weighted by Crippen LogP contribution is -2.51. The number of carbonyl (C=O) groups excluding carboxylic acids is 1. The van der Waals surface area contributed by atoms with Crippen molar-refractivity contribution in [2.24, 2.45) is 0 Å². The van der Waals surface area contributed by atoms with E-state index in [9.17, 15) is 4.79 Å². The molecule has 26 heavy (non-hydrogen) atoms. The van der Waals surface area contributed by atoms with Crippen molar-refractivity contribution < 1.29 is 9.53 Å². The van der Waals surface area contributed by atoms with Gasteiger partial charge >= 0.3 is 0 Å². The first-order valence-corrected chi connectivity index (χ1v) is 9.62. The molecule has 2 aliphatic heterocycles. The molecule has 0 unspecified atom stereocenters. The number of rotatable bonds is 2. The molecule has 0 N–H and O–H groups in total. The van der Waals surface area contributed by atoms with E-state index in [0.29, 0.717) is 13.2 Å². The third kappa shape index (κ3) is 2.95. The monoisotopic (exact) mass is 349 g/mol. The molecule has 4 rings (SSSR count). The van der Waals surface area contributed by atoms with E-state index in [1.807, 2.05) is 0 Å². The molecular formula is C23H27NO2. The van der Waals surface area contributed by atoms with Gasteiger partial charge in [-0.05, 0) is 55.4 Å². The van der Waals surface area contributed by atoms with Gasteiger partial charge in [0.05, 0.1) is 5.41 Å². The van der Waals surface area contributed by atoms with Gasteiger partial charge in [0, 0.05) is 26.3 Å². The molecule has 0 aromatic heterocycles. The summed E-state index contributed by atoms with van der Waals surface area (Å²) in [4.78, 5) is 15.8. The summed E-state index contributed by atoms with van der Waals surface area (Å²) in [6.45, 7) is 7.11. The van der Waals surface area contributed by atoms with Gasteiger partial charge in [-0.25, -0.2) is 0 Å². The van der Waals surface area contributed by atoms with E-state index in [1.54, 1.807) is 0 Å². The summed E-state index contributed by atoms with van der Waals surface area (Å²) in [6, 6.07) is 15.0. The zero-order chi connectivity index (χ0) is 18.1. The van der Waals surface area contributed by atoms with Crippen molar-refractivity contribution in [2.45, 2.75) is 45.1 Å². The summed E-state index contributed by atoms with van der Waals surface area (Å²) >= 11 is 0. The molecule has 1 amide bonds. The van der Waals surface area contributed by atoms with Crippen LogP contribution in [0.1, 0.15) is 40.7 Å². The van der Waals surface area contributed by atoms with Gasteiger partial charge in [0.15, 0.2) is 0 Å². The molecule has 2 aromatic rings. The number of aryl methyl sites for hydroxylation is 2. The van der Waals surface area contributed by atoms with Crippen LogP contribution in [-0.2, 0) is 27.9 Å². The Kier molecular flexibility index (Phi) is 4.58. The number of ether oxygens (including phenoxy) is 1. The first-order valence-electron chi connectivity index (χ1n) is 9.62. The molecule has 0 radical (unpaired) electrons. The van der Waals surface area contributed by atoms with Crippen LogP contribution in [0.5, 0.6) is 0 Å². The summed E-state index contributed by atoms with van der Waals surface area (Å²) in [6.07, 6.45) is 2.49. The molecule has 0 spiro atoms. The van der Waals surface area contributed by atoms with Crippen molar-refractivity contribution in [1.29, 1.82) is 0 Å². The fraction of sp³-hybridized carbons (Fsp3) is 0.435. The van der Waals surface area contributed by atoms with Gasteiger partial charge in [0.25, 0.3) is 0 Å². The van der Waals surface area contributed by atoms with Crippen molar-refractivity contribution in [3.63, 3.8) is 0 Å². The highest BCUT2D eigenvalue weighted by Gasteiger charge is 2.44. The van der Waals surface area contributed by atoms with E-state index in [2.05, 4.69) is 61.2 Å². The number of hydrogen-bond donors (Lipinski definition) is 0. The van der Waals surface area contributed by atoms with Gasteiger partial charge in [-0.15, -0.1) is 0 Å². The largest absolute Gasteiger partial charge is 0.381 e. The zero-order valence-electron chi connectivity index (χ0n) is 15.8. The van der Waals surface area contributed by atoms with Crippen molar-refractivity contribution in [3.05, 3.63) is 70.3 Å². The van der Waals surface area contributed by atoms with Crippen LogP contribution in [0.4, 0.5) is 0 Å². The van der Waals surface area contributed by atoms with E-state index in [1.165, 1.54) is 22.3 Å². The second-order valence-electron chi connectivity index (χ2n) is 7.75.